The SMILES string of the molecule is CSc1ccccc1NC(=O)CN1C(C)CCCC1CN. The van der Waals surface area contributed by atoms with Crippen LogP contribution in [0.4, 0.5) is 5.69 Å². The highest BCUT2D eigenvalue weighted by molar-refractivity contribution is 7.98. The van der Waals surface area contributed by atoms with Crippen molar-refractivity contribution in [3.8, 4) is 0 Å². The number of nitrogens with two attached hydrogens (primary N) is 1. The molecule has 0 radical (unpaired) electrons. The number of para-hydroxylation sites is 1. The molecule has 1 aromatic rings. The summed E-state index contributed by atoms with van der Waals surface area (Å²) < 4.78 is 0. The molecule has 0 aromatic heterocycles. The zero-order valence-corrected chi connectivity index (χ0v) is 13.7. The molecule has 0 spiro atoms. The fourth-order valence-electron chi connectivity index (χ4n) is 2.98. The fourth-order valence-corrected chi connectivity index (χ4v) is 3.54. The van der Waals surface area contributed by atoms with E-state index in [4.69, 9.17) is 5.73 Å². The number of anilines is 1. The summed E-state index contributed by atoms with van der Waals surface area (Å²) in [4.78, 5) is 15.7. The zero-order chi connectivity index (χ0) is 15.2. The lowest BCUT2D eigenvalue weighted by molar-refractivity contribution is -0.118. The van der Waals surface area contributed by atoms with E-state index < -0.39 is 0 Å². The number of thioether (sulfide) groups is 1. The van der Waals surface area contributed by atoms with Crippen molar-refractivity contribution in [2.75, 3.05) is 24.7 Å². The van der Waals surface area contributed by atoms with Gasteiger partial charge in [-0.15, -0.1) is 11.8 Å². The second-order valence-corrected chi connectivity index (χ2v) is 6.44. The Balaban J connectivity index is 2.00. The van der Waals surface area contributed by atoms with E-state index in [1.165, 1.54) is 6.42 Å². The third-order valence-electron chi connectivity index (χ3n) is 4.17. The van der Waals surface area contributed by atoms with E-state index in [1.54, 1.807) is 11.8 Å². The monoisotopic (exact) mass is 307 g/mol. The highest BCUT2D eigenvalue weighted by Gasteiger charge is 2.28. The van der Waals surface area contributed by atoms with E-state index >= 15 is 0 Å². The molecule has 3 N–H and O–H groups in total. The van der Waals surface area contributed by atoms with Crippen LogP contribution in [0.25, 0.3) is 0 Å². The summed E-state index contributed by atoms with van der Waals surface area (Å²) in [6.45, 7) is 3.23. The normalized spacial score (nSPS) is 23.0. The minimum atomic E-state index is 0.0451. The van der Waals surface area contributed by atoms with Gasteiger partial charge in [-0.2, -0.15) is 0 Å². The molecule has 1 fully saturated rings. The largest absolute Gasteiger partial charge is 0.329 e. The Morgan fingerprint density at radius 3 is 2.90 bits per heavy atom. The van der Waals surface area contributed by atoms with Gasteiger partial charge in [-0.05, 0) is 38.2 Å². The minimum absolute atomic E-state index is 0.0451. The first kappa shape index (κ1) is 16.3. The van der Waals surface area contributed by atoms with Gasteiger partial charge in [0.25, 0.3) is 0 Å². The lowest BCUT2D eigenvalue weighted by Gasteiger charge is -2.39. The standard InChI is InChI=1S/C16H25N3OS/c1-12-6-5-7-13(10-17)19(12)11-16(20)18-14-8-3-4-9-15(14)21-2/h3-4,8-9,12-13H,5-7,10-11,17H2,1-2H3,(H,18,20). The maximum absolute atomic E-state index is 12.4. The third-order valence-corrected chi connectivity index (χ3v) is 4.97. The fraction of sp³-hybridized carbons (Fsp3) is 0.562. The third kappa shape index (κ3) is 4.22. The van der Waals surface area contributed by atoms with Gasteiger partial charge in [0.1, 0.15) is 0 Å². The van der Waals surface area contributed by atoms with E-state index in [2.05, 4.69) is 17.1 Å². The number of likely N-dealkylation sites (tertiary alicyclic amines) is 1. The molecule has 0 saturated carbocycles. The Hall–Kier alpha value is -1.04. The molecular weight excluding hydrogens is 282 g/mol. The number of carbonyl (C=O) groups is 1. The molecule has 1 heterocycles. The molecule has 2 unspecified atom stereocenters. The number of amides is 1. The van der Waals surface area contributed by atoms with E-state index in [9.17, 15) is 4.79 Å². The Morgan fingerprint density at radius 1 is 1.43 bits per heavy atom. The van der Waals surface area contributed by atoms with Crippen LogP contribution in [0, 0.1) is 0 Å². The maximum atomic E-state index is 12.4. The highest BCUT2D eigenvalue weighted by Crippen LogP contribution is 2.25. The smallest absolute Gasteiger partial charge is 0.238 e. The van der Waals surface area contributed by atoms with Crippen LogP contribution in [0.3, 0.4) is 0 Å². The molecule has 1 aliphatic rings. The lowest BCUT2D eigenvalue weighted by atomic mass is 9.96. The molecule has 2 rings (SSSR count). The summed E-state index contributed by atoms with van der Waals surface area (Å²) in [7, 11) is 0. The number of piperidine rings is 1. The first-order valence-corrected chi connectivity index (χ1v) is 8.77. The van der Waals surface area contributed by atoms with Gasteiger partial charge in [-0.1, -0.05) is 18.6 Å². The van der Waals surface area contributed by atoms with Crippen molar-refractivity contribution >= 4 is 23.4 Å². The van der Waals surface area contributed by atoms with Crippen molar-refractivity contribution in [2.24, 2.45) is 5.73 Å². The van der Waals surface area contributed by atoms with Crippen LogP contribution < -0.4 is 11.1 Å². The quantitative estimate of drug-likeness (QED) is 0.821. The molecule has 4 nitrogen and oxygen atoms in total. The summed E-state index contributed by atoms with van der Waals surface area (Å²) in [6, 6.07) is 8.65. The average molecular weight is 307 g/mol. The number of carbonyl (C=O) groups excluding carboxylic acids is 1. The summed E-state index contributed by atoms with van der Waals surface area (Å²) >= 11 is 1.64. The molecule has 0 bridgehead atoms. The van der Waals surface area contributed by atoms with Crippen molar-refractivity contribution in [3.05, 3.63) is 24.3 Å². The van der Waals surface area contributed by atoms with Crippen molar-refractivity contribution < 1.29 is 4.79 Å². The Bertz CT molecular complexity index is 480. The van der Waals surface area contributed by atoms with Gasteiger partial charge in [-0.25, -0.2) is 0 Å². The number of nitrogens with zero attached hydrogens (tertiary/aromatic N) is 1. The van der Waals surface area contributed by atoms with Gasteiger partial charge >= 0.3 is 0 Å². The van der Waals surface area contributed by atoms with Crippen molar-refractivity contribution in [1.29, 1.82) is 0 Å². The molecule has 1 aromatic carbocycles. The second-order valence-electron chi connectivity index (χ2n) is 5.59. The van der Waals surface area contributed by atoms with Gasteiger partial charge in [-0.3, -0.25) is 9.69 Å². The first-order valence-electron chi connectivity index (χ1n) is 7.54. The molecule has 5 heteroatoms. The summed E-state index contributed by atoms with van der Waals surface area (Å²) in [6.07, 6.45) is 5.46. The van der Waals surface area contributed by atoms with Crippen molar-refractivity contribution in [1.82, 2.24) is 4.90 Å². The van der Waals surface area contributed by atoms with Gasteiger partial charge in [0.15, 0.2) is 0 Å². The van der Waals surface area contributed by atoms with E-state index in [0.717, 1.165) is 23.4 Å². The average Bonchev–Trinajstić information content (AvgIpc) is 2.49. The number of hydrogen-bond acceptors (Lipinski definition) is 4. The summed E-state index contributed by atoms with van der Waals surface area (Å²) in [5.74, 6) is 0.0451. The summed E-state index contributed by atoms with van der Waals surface area (Å²) in [5.41, 5.74) is 6.75. The number of hydrogen-bond donors (Lipinski definition) is 2. The van der Waals surface area contributed by atoms with Crippen LogP contribution in [0.2, 0.25) is 0 Å². The topological polar surface area (TPSA) is 58.4 Å². The van der Waals surface area contributed by atoms with Gasteiger partial charge in [0.2, 0.25) is 5.91 Å². The minimum Gasteiger partial charge on any atom is -0.329 e. The molecule has 1 saturated heterocycles. The molecule has 1 amide bonds. The van der Waals surface area contributed by atoms with E-state index in [-0.39, 0.29) is 5.91 Å². The predicted molar refractivity (Wildman–Crippen MR) is 89.7 cm³/mol. The Morgan fingerprint density at radius 2 is 2.19 bits per heavy atom. The van der Waals surface area contributed by atoms with Crippen molar-refractivity contribution in [3.63, 3.8) is 0 Å². The Kier molecular flexibility index (Phi) is 6.08. The summed E-state index contributed by atoms with van der Waals surface area (Å²) in [5, 5.41) is 3.03. The van der Waals surface area contributed by atoms with Crippen LogP contribution in [-0.2, 0) is 4.79 Å². The molecular formula is C16H25N3OS. The number of benzene rings is 1. The predicted octanol–water partition coefficient (Wildman–Crippen LogP) is 2.55. The Labute approximate surface area is 131 Å². The second kappa shape index (κ2) is 7.82. The highest BCUT2D eigenvalue weighted by atomic mass is 32.2. The zero-order valence-electron chi connectivity index (χ0n) is 12.8. The number of nitrogens with one attached hydrogen (secondary N) is 1. The number of rotatable bonds is 5. The van der Waals surface area contributed by atoms with Crippen LogP contribution in [0.5, 0.6) is 0 Å². The maximum Gasteiger partial charge on any atom is 0.238 e. The molecule has 21 heavy (non-hydrogen) atoms. The molecule has 2 atom stereocenters. The molecule has 116 valence electrons. The van der Waals surface area contributed by atoms with Crippen molar-refractivity contribution in [2.45, 2.75) is 43.2 Å². The van der Waals surface area contributed by atoms with Crippen LogP contribution in [0.1, 0.15) is 26.2 Å². The first-order chi connectivity index (χ1) is 10.2. The van der Waals surface area contributed by atoms with Crippen LogP contribution in [0.15, 0.2) is 29.2 Å². The van der Waals surface area contributed by atoms with Gasteiger partial charge < -0.3 is 11.1 Å². The van der Waals surface area contributed by atoms with Gasteiger partial charge in [0, 0.05) is 23.5 Å². The van der Waals surface area contributed by atoms with Gasteiger partial charge in [0.05, 0.1) is 12.2 Å². The van der Waals surface area contributed by atoms with E-state index in [1.807, 2.05) is 30.5 Å². The molecule has 0 aliphatic carbocycles. The van der Waals surface area contributed by atoms with Crippen LogP contribution >= 0.6 is 11.8 Å². The molecule has 1 aliphatic heterocycles. The lowest BCUT2D eigenvalue weighted by Crippen LogP contribution is -2.51. The van der Waals surface area contributed by atoms with E-state index in [0.29, 0.717) is 25.2 Å². The van der Waals surface area contributed by atoms with Crippen LogP contribution in [-0.4, -0.2) is 42.2 Å².